The topological polar surface area (TPSA) is 54.9 Å². The van der Waals surface area contributed by atoms with Crippen LogP contribution in [0.4, 0.5) is 0 Å². The molecule has 3 atom stereocenters. The zero-order chi connectivity index (χ0) is 18.6. The molecule has 0 spiro atoms. The Bertz CT molecular complexity index is 599. The van der Waals surface area contributed by atoms with Crippen LogP contribution < -0.4 is 15.4 Å². The molecule has 26 heavy (non-hydrogen) atoms. The first kappa shape index (κ1) is 19.0. The maximum absolute atomic E-state index is 6.08. The molecule has 0 bridgehead atoms. The van der Waals surface area contributed by atoms with Crippen molar-refractivity contribution in [3.05, 3.63) is 29.8 Å². The van der Waals surface area contributed by atoms with E-state index in [-0.39, 0.29) is 17.6 Å². The van der Waals surface area contributed by atoms with Crippen LogP contribution in [0.25, 0.3) is 0 Å². The predicted octanol–water partition coefficient (Wildman–Crippen LogP) is 3.00. The van der Waals surface area contributed by atoms with Gasteiger partial charge in [-0.15, -0.1) is 0 Å². The molecule has 2 N–H and O–H groups in total. The molecule has 2 heterocycles. The van der Waals surface area contributed by atoms with Gasteiger partial charge in [0.1, 0.15) is 11.9 Å². The Morgan fingerprint density at radius 3 is 2.69 bits per heavy atom. The van der Waals surface area contributed by atoms with Gasteiger partial charge in [-0.3, -0.25) is 4.99 Å². The average molecular weight is 360 g/mol. The summed E-state index contributed by atoms with van der Waals surface area (Å²) in [6.07, 6.45) is 3.73. The summed E-state index contributed by atoms with van der Waals surface area (Å²) in [5, 5.41) is 6.90. The Hall–Kier alpha value is -1.75. The number of guanidine groups is 1. The highest BCUT2D eigenvalue weighted by Gasteiger charge is 2.35. The number of fused-ring (bicyclic) bond motifs is 1. The molecule has 5 nitrogen and oxygen atoms in total. The first-order valence-corrected chi connectivity index (χ1v) is 9.78. The molecule has 1 saturated heterocycles. The van der Waals surface area contributed by atoms with Crippen LogP contribution in [0.2, 0.25) is 0 Å². The lowest BCUT2D eigenvalue weighted by molar-refractivity contribution is -0.0835. The smallest absolute Gasteiger partial charge is 0.191 e. The third kappa shape index (κ3) is 4.70. The number of nitrogens with one attached hydrogen (secondary N) is 2. The zero-order valence-corrected chi connectivity index (χ0v) is 16.5. The minimum absolute atomic E-state index is 0.159. The van der Waals surface area contributed by atoms with E-state index in [1.165, 1.54) is 12.0 Å². The van der Waals surface area contributed by atoms with Crippen molar-refractivity contribution in [1.82, 2.24) is 10.6 Å². The summed E-state index contributed by atoms with van der Waals surface area (Å²) in [6.45, 7) is 9.30. The second kappa shape index (κ2) is 8.30. The third-order valence-corrected chi connectivity index (χ3v) is 5.26. The fourth-order valence-corrected chi connectivity index (χ4v) is 4.04. The summed E-state index contributed by atoms with van der Waals surface area (Å²) >= 11 is 0. The lowest BCUT2D eigenvalue weighted by atomic mass is 9.78. The van der Waals surface area contributed by atoms with Gasteiger partial charge in [0.15, 0.2) is 5.96 Å². The molecule has 0 saturated carbocycles. The van der Waals surface area contributed by atoms with E-state index in [0.29, 0.717) is 5.92 Å². The van der Waals surface area contributed by atoms with Gasteiger partial charge in [0.2, 0.25) is 0 Å². The molecule has 0 amide bonds. The molecular formula is C21H33N3O2. The molecular weight excluding hydrogens is 326 g/mol. The number of hydrogen-bond donors (Lipinski definition) is 2. The fourth-order valence-electron chi connectivity index (χ4n) is 4.04. The molecule has 1 aromatic carbocycles. The van der Waals surface area contributed by atoms with Crippen molar-refractivity contribution in [3.8, 4) is 5.75 Å². The Morgan fingerprint density at radius 2 is 1.96 bits per heavy atom. The van der Waals surface area contributed by atoms with Crippen LogP contribution >= 0.6 is 0 Å². The predicted molar refractivity (Wildman–Crippen MR) is 106 cm³/mol. The number of rotatable bonds is 4. The van der Waals surface area contributed by atoms with Gasteiger partial charge in [0.25, 0.3) is 0 Å². The van der Waals surface area contributed by atoms with Gasteiger partial charge >= 0.3 is 0 Å². The highest BCUT2D eigenvalue weighted by Crippen LogP contribution is 2.33. The number of ether oxygens (including phenoxy) is 2. The van der Waals surface area contributed by atoms with Crippen molar-refractivity contribution in [2.75, 3.05) is 26.7 Å². The Morgan fingerprint density at radius 1 is 1.19 bits per heavy atom. The summed E-state index contributed by atoms with van der Waals surface area (Å²) in [5.41, 5.74) is 1.45. The molecule has 0 aromatic heterocycles. The van der Waals surface area contributed by atoms with E-state index in [0.717, 1.165) is 44.2 Å². The van der Waals surface area contributed by atoms with Gasteiger partial charge in [0, 0.05) is 32.5 Å². The van der Waals surface area contributed by atoms with Gasteiger partial charge in [-0.1, -0.05) is 39.0 Å². The van der Waals surface area contributed by atoms with Crippen molar-refractivity contribution in [3.63, 3.8) is 0 Å². The molecule has 2 aliphatic heterocycles. The van der Waals surface area contributed by atoms with Crippen molar-refractivity contribution >= 4 is 5.96 Å². The molecule has 2 aliphatic rings. The van der Waals surface area contributed by atoms with Crippen molar-refractivity contribution in [2.24, 2.45) is 16.3 Å². The first-order valence-electron chi connectivity index (χ1n) is 9.78. The quantitative estimate of drug-likeness (QED) is 0.641. The van der Waals surface area contributed by atoms with E-state index in [4.69, 9.17) is 9.47 Å². The van der Waals surface area contributed by atoms with Gasteiger partial charge in [-0.2, -0.15) is 0 Å². The maximum Gasteiger partial charge on any atom is 0.191 e. The minimum Gasteiger partial charge on any atom is -0.488 e. The molecule has 3 unspecified atom stereocenters. The molecule has 1 fully saturated rings. The van der Waals surface area contributed by atoms with E-state index >= 15 is 0 Å². The normalized spacial score (nSPS) is 26.2. The third-order valence-electron chi connectivity index (χ3n) is 5.26. The summed E-state index contributed by atoms with van der Waals surface area (Å²) < 4.78 is 12.1. The highest BCUT2D eigenvalue weighted by molar-refractivity contribution is 5.79. The first-order chi connectivity index (χ1) is 12.5. The number of aliphatic imine (C=N–C) groups is 1. The van der Waals surface area contributed by atoms with Crippen molar-refractivity contribution in [1.29, 1.82) is 0 Å². The van der Waals surface area contributed by atoms with E-state index in [1.807, 2.05) is 19.2 Å². The fraction of sp³-hybridized carbons (Fsp3) is 0.667. The molecule has 3 rings (SSSR count). The van der Waals surface area contributed by atoms with Crippen LogP contribution in [0.1, 0.15) is 39.2 Å². The van der Waals surface area contributed by atoms with Crippen LogP contribution in [0.5, 0.6) is 5.75 Å². The van der Waals surface area contributed by atoms with E-state index in [1.54, 1.807) is 0 Å². The highest BCUT2D eigenvalue weighted by atomic mass is 16.5. The van der Waals surface area contributed by atoms with Gasteiger partial charge in [-0.05, 0) is 29.9 Å². The van der Waals surface area contributed by atoms with Crippen molar-refractivity contribution in [2.45, 2.75) is 52.2 Å². The van der Waals surface area contributed by atoms with Gasteiger partial charge < -0.3 is 20.1 Å². The molecule has 0 radical (unpaired) electrons. The lowest BCUT2D eigenvalue weighted by Crippen LogP contribution is -2.48. The van der Waals surface area contributed by atoms with Crippen LogP contribution in [0.15, 0.2) is 29.3 Å². The molecule has 5 heteroatoms. The Balaban J connectivity index is 1.46. The number of hydrogen-bond acceptors (Lipinski definition) is 3. The molecule has 0 aliphatic carbocycles. The molecule has 1 aromatic rings. The summed E-state index contributed by atoms with van der Waals surface area (Å²) in [6, 6.07) is 8.26. The molecule has 144 valence electrons. The van der Waals surface area contributed by atoms with Crippen LogP contribution in [0, 0.1) is 11.3 Å². The second-order valence-electron chi connectivity index (χ2n) is 8.45. The van der Waals surface area contributed by atoms with Crippen LogP contribution in [0.3, 0.4) is 0 Å². The van der Waals surface area contributed by atoms with E-state index < -0.39 is 0 Å². The zero-order valence-electron chi connectivity index (χ0n) is 16.5. The average Bonchev–Trinajstić information content (AvgIpc) is 3.04. The maximum atomic E-state index is 6.08. The standard InChI is InChI=1S/C21H33N3O2/c1-21(2,3)19-16(9-7-11-25-19)13-23-20(22-4)24-14-17-12-15-8-5-6-10-18(15)26-17/h5-6,8,10,16-17,19H,7,9,11-14H2,1-4H3,(H2,22,23,24). The SMILES string of the molecule is CN=C(NCC1Cc2ccccc2O1)NCC1CCCOC1C(C)(C)C. The summed E-state index contributed by atoms with van der Waals surface area (Å²) in [7, 11) is 1.82. The minimum atomic E-state index is 0.159. The lowest BCUT2D eigenvalue weighted by Gasteiger charge is -2.40. The van der Waals surface area contributed by atoms with Crippen molar-refractivity contribution < 1.29 is 9.47 Å². The number of nitrogens with zero attached hydrogens (tertiary/aromatic N) is 1. The van der Waals surface area contributed by atoms with Gasteiger partial charge in [0.05, 0.1) is 12.6 Å². The number of para-hydroxylation sites is 1. The largest absolute Gasteiger partial charge is 0.488 e. The number of benzene rings is 1. The Kier molecular flexibility index (Phi) is 6.07. The van der Waals surface area contributed by atoms with E-state index in [9.17, 15) is 0 Å². The summed E-state index contributed by atoms with van der Waals surface area (Å²) in [5.74, 6) is 2.35. The summed E-state index contributed by atoms with van der Waals surface area (Å²) in [4.78, 5) is 4.37. The monoisotopic (exact) mass is 359 g/mol. The second-order valence-corrected chi connectivity index (χ2v) is 8.45. The van der Waals surface area contributed by atoms with Crippen LogP contribution in [-0.2, 0) is 11.2 Å². The Labute approximate surface area is 157 Å². The van der Waals surface area contributed by atoms with E-state index in [2.05, 4.69) is 48.5 Å². The van der Waals surface area contributed by atoms with Crippen LogP contribution in [-0.4, -0.2) is 44.9 Å². The van der Waals surface area contributed by atoms with Gasteiger partial charge in [-0.25, -0.2) is 0 Å².